The van der Waals surface area contributed by atoms with E-state index >= 15 is 0 Å². The van der Waals surface area contributed by atoms with E-state index in [1.165, 1.54) is 37.0 Å². The second-order valence-corrected chi connectivity index (χ2v) is 12.0. The van der Waals surface area contributed by atoms with E-state index in [9.17, 15) is 19.2 Å². The molecule has 0 saturated carbocycles. The third-order valence-corrected chi connectivity index (χ3v) is 8.53. The fourth-order valence-corrected chi connectivity index (χ4v) is 6.07. The quantitative estimate of drug-likeness (QED) is 0.149. The summed E-state index contributed by atoms with van der Waals surface area (Å²) in [5.74, 6) is -0.777. The number of carbonyl (C=O) groups is 4. The van der Waals surface area contributed by atoms with Crippen LogP contribution < -0.4 is 25.0 Å². The molecule has 1 heterocycles. The van der Waals surface area contributed by atoms with Gasteiger partial charge in [-0.3, -0.25) is 19.2 Å². The van der Waals surface area contributed by atoms with Crippen LogP contribution in [-0.2, 0) is 14.4 Å². The molecule has 1 fully saturated rings. The van der Waals surface area contributed by atoms with Crippen LogP contribution in [0.5, 0.6) is 11.5 Å². The number of benzene rings is 4. The van der Waals surface area contributed by atoms with Crippen LogP contribution in [0.2, 0.25) is 0 Å². The highest BCUT2D eigenvalue weighted by Crippen LogP contribution is 2.36. The monoisotopic (exact) mass is 685 g/mol. The average molecular weight is 687 g/mol. The summed E-state index contributed by atoms with van der Waals surface area (Å²) in [6.45, 7) is 0. The Hall–Kier alpha value is -4.87. The van der Waals surface area contributed by atoms with Gasteiger partial charge in [-0.25, -0.2) is 4.90 Å². The number of hydrogen-bond donors (Lipinski definition) is 2. The number of carbonyl (C=O) groups excluding carboxylic acids is 4. The zero-order chi connectivity index (χ0) is 31.9. The molecule has 2 N–H and O–H groups in total. The van der Waals surface area contributed by atoms with Crippen LogP contribution in [0.25, 0.3) is 6.08 Å². The Kier molecular flexibility index (Phi) is 10.0. The molecule has 4 aromatic carbocycles. The minimum Gasteiger partial charge on any atom is -0.493 e. The zero-order valence-corrected chi connectivity index (χ0v) is 26.7. The Balaban J connectivity index is 1.37. The van der Waals surface area contributed by atoms with Gasteiger partial charge in [0.25, 0.3) is 11.8 Å². The number of thioether (sulfide) groups is 1. The van der Waals surface area contributed by atoms with E-state index in [2.05, 4.69) is 26.6 Å². The first-order valence-corrected chi connectivity index (χ1v) is 15.4. The Bertz CT molecular complexity index is 1780. The lowest BCUT2D eigenvalue weighted by molar-refractivity contribution is -0.121. The van der Waals surface area contributed by atoms with E-state index in [-0.39, 0.29) is 23.9 Å². The number of methoxy groups -OCH3 is 2. The van der Waals surface area contributed by atoms with Crippen molar-refractivity contribution >= 4 is 68.8 Å². The van der Waals surface area contributed by atoms with E-state index in [1.807, 2.05) is 0 Å². The number of imide groups is 1. The molecule has 0 spiro atoms. The second-order valence-electron chi connectivity index (χ2n) is 9.80. The van der Waals surface area contributed by atoms with Gasteiger partial charge in [-0.05, 0) is 66.7 Å². The molecule has 9 nitrogen and oxygen atoms in total. The lowest BCUT2D eigenvalue weighted by Gasteiger charge is -2.15. The van der Waals surface area contributed by atoms with E-state index < -0.39 is 17.1 Å². The lowest BCUT2D eigenvalue weighted by atomic mass is 10.1. The Morgan fingerprint density at radius 3 is 2.36 bits per heavy atom. The maximum Gasteiger partial charge on any atom is 0.272 e. The molecule has 0 bridgehead atoms. The van der Waals surface area contributed by atoms with Gasteiger partial charge in [-0.1, -0.05) is 52.3 Å². The number of amides is 4. The Morgan fingerprint density at radius 2 is 1.64 bits per heavy atom. The number of hydrogen-bond acceptors (Lipinski definition) is 7. The number of rotatable bonds is 10. The van der Waals surface area contributed by atoms with Crippen LogP contribution in [-0.4, -0.2) is 43.1 Å². The molecule has 0 aromatic heterocycles. The topological polar surface area (TPSA) is 114 Å². The van der Waals surface area contributed by atoms with Crippen molar-refractivity contribution in [1.29, 1.82) is 0 Å². The third kappa shape index (κ3) is 7.44. The molecule has 45 heavy (non-hydrogen) atoms. The summed E-state index contributed by atoms with van der Waals surface area (Å²) in [6, 6.07) is 27.7. The summed E-state index contributed by atoms with van der Waals surface area (Å²) in [6.07, 6.45) is 1.56. The maximum atomic E-state index is 13.6. The molecule has 4 amide bonds. The molecule has 0 radical (unpaired) electrons. The predicted molar refractivity (Wildman–Crippen MR) is 177 cm³/mol. The summed E-state index contributed by atoms with van der Waals surface area (Å²) in [4.78, 5) is 54.5. The fraction of sp³-hybridized carbons (Fsp3) is 0.118. The van der Waals surface area contributed by atoms with Gasteiger partial charge < -0.3 is 20.1 Å². The number of halogens is 1. The summed E-state index contributed by atoms with van der Waals surface area (Å²) >= 11 is 4.61. The van der Waals surface area contributed by atoms with Gasteiger partial charge in [-0.2, -0.15) is 0 Å². The minimum atomic E-state index is -0.617. The summed E-state index contributed by atoms with van der Waals surface area (Å²) < 4.78 is 11.8. The first-order chi connectivity index (χ1) is 21.8. The molecule has 228 valence electrons. The highest BCUT2D eigenvalue weighted by Gasteiger charge is 2.40. The van der Waals surface area contributed by atoms with Crippen LogP contribution in [0.3, 0.4) is 0 Å². The minimum absolute atomic E-state index is 0.0323. The first kappa shape index (κ1) is 31.6. The second kappa shape index (κ2) is 14.3. The van der Waals surface area contributed by atoms with Gasteiger partial charge in [0.15, 0.2) is 11.5 Å². The molecule has 1 saturated heterocycles. The van der Waals surface area contributed by atoms with Crippen LogP contribution in [0.4, 0.5) is 11.4 Å². The normalized spacial score (nSPS) is 14.7. The van der Waals surface area contributed by atoms with Crippen molar-refractivity contribution in [3.63, 3.8) is 0 Å². The molecular weight excluding hydrogens is 658 g/mol. The van der Waals surface area contributed by atoms with Crippen molar-refractivity contribution in [2.24, 2.45) is 0 Å². The van der Waals surface area contributed by atoms with Crippen LogP contribution in [0.1, 0.15) is 22.3 Å². The van der Waals surface area contributed by atoms with Gasteiger partial charge in [0.2, 0.25) is 11.8 Å². The van der Waals surface area contributed by atoms with E-state index in [0.717, 1.165) is 4.47 Å². The number of nitrogens with one attached hydrogen (secondary N) is 2. The largest absolute Gasteiger partial charge is 0.493 e. The Morgan fingerprint density at radius 1 is 0.911 bits per heavy atom. The molecule has 0 aliphatic carbocycles. The molecule has 1 atom stereocenters. The summed E-state index contributed by atoms with van der Waals surface area (Å²) in [5, 5.41) is 4.94. The molecule has 1 aliphatic rings. The van der Waals surface area contributed by atoms with E-state index in [4.69, 9.17) is 9.47 Å². The van der Waals surface area contributed by atoms with Gasteiger partial charge in [0, 0.05) is 32.6 Å². The van der Waals surface area contributed by atoms with Gasteiger partial charge in [0.1, 0.15) is 5.70 Å². The van der Waals surface area contributed by atoms with Crippen molar-refractivity contribution in [2.75, 3.05) is 24.4 Å². The Labute approximate surface area is 272 Å². The summed E-state index contributed by atoms with van der Waals surface area (Å²) in [5.41, 5.74) is 1.81. The smallest absolute Gasteiger partial charge is 0.272 e. The number of anilines is 2. The van der Waals surface area contributed by atoms with Crippen molar-refractivity contribution < 1.29 is 28.7 Å². The predicted octanol–water partition coefficient (Wildman–Crippen LogP) is 6.30. The molecule has 1 aliphatic heterocycles. The highest BCUT2D eigenvalue weighted by molar-refractivity contribution is 9.10. The highest BCUT2D eigenvalue weighted by atomic mass is 79.9. The van der Waals surface area contributed by atoms with Crippen molar-refractivity contribution in [3.05, 3.63) is 118 Å². The zero-order valence-electron chi connectivity index (χ0n) is 24.3. The van der Waals surface area contributed by atoms with Crippen LogP contribution in [0.15, 0.2) is 112 Å². The average Bonchev–Trinajstić information content (AvgIpc) is 3.33. The molecule has 11 heteroatoms. The van der Waals surface area contributed by atoms with E-state index in [1.54, 1.807) is 97.1 Å². The first-order valence-electron chi connectivity index (χ1n) is 13.8. The van der Waals surface area contributed by atoms with Gasteiger partial charge in [0.05, 0.1) is 25.2 Å². The van der Waals surface area contributed by atoms with Crippen molar-refractivity contribution in [2.45, 2.75) is 16.6 Å². The van der Waals surface area contributed by atoms with E-state index in [0.29, 0.717) is 38.9 Å². The molecule has 4 aromatic rings. The fourth-order valence-electron chi connectivity index (χ4n) is 4.69. The lowest BCUT2D eigenvalue weighted by Crippen LogP contribution is -2.31. The van der Waals surface area contributed by atoms with Gasteiger partial charge >= 0.3 is 0 Å². The molecule has 0 unspecified atom stereocenters. The third-order valence-electron chi connectivity index (χ3n) is 6.82. The standard InChI is InChI=1S/C34H28BrN3O6S/c1-43-28-13-6-10-22(31(28)44-2)18-27(37-32(40)21-8-4-3-5-9-21)33(41)36-24-11-7-12-26(19-24)45-29-20-30(39)38(34(29)42)25-16-14-23(35)15-17-25/h3-19,29H,20H2,1-2H3,(H,36,41)(H,37,40)/b27-18-/t29-/m0/s1. The van der Waals surface area contributed by atoms with Crippen LogP contribution >= 0.6 is 27.7 Å². The van der Waals surface area contributed by atoms with Gasteiger partial charge in [-0.15, -0.1) is 11.8 Å². The summed E-state index contributed by atoms with van der Waals surface area (Å²) in [7, 11) is 3.00. The van der Waals surface area contributed by atoms with Crippen molar-refractivity contribution in [1.82, 2.24) is 5.32 Å². The molecule has 5 rings (SSSR count). The van der Waals surface area contributed by atoms with Crippen LogP contribution in [0, 0.1) is 0 Å². The number of ether oxygens (including phenoxy) is 2. The SMILES string of the molecule is COc1cccc(/C=C(\NC(=O)c2ccccc2)C(=O)Nc2cccc(S[C@H]3CC(=O)N(c4ccc(Br)cc4)C3=O)c2)c1OC. The maximum absolute atomic E-state index is 13.6. The molecular formula is C34H28BrN3O6S. The number of nitrogens with zero attached hydrogens (tertiary/aromatic N) is 1. The number of para-hydroxylation sites is 1. The van der Waals surface area contributed by atoms with Crippen molar-refractivity contribution in [3.8, 4) is 11.5 Å².